The van der Waals surface area contributed by atoms with E-state index < -0.39 is 5.97 Å². The third kappa shape index (κ3) is 5.19. The van der Waals surface area contributed by atoms with E-state index >= 15 is 0 Å². The summed E-state index contributed by atoms with van der Waals surface area (Å²) in [6.07, 6.45) is 3.35. The number of carbonyl (C=O) groups excluding carboxylic acids is 1. The number of carboxylic acids is 1. The molecule has 1 heterocycles. The Morgan fingerprint density at radius 3 is 2.58 bits per heavy atom. The molecule has 0 aromatic rings. The van der Waals surface area contributed by atoms with E-state index in [-0.39, 0.29) is 23.9 Å². The van der Waals surface area contributed by atoms with Crippen LogP contribution in [0, 0.1) is 11.8 Å². The summed E-state index contributed by atoms with van der Waals surface area (Å²) in [6.45, 7) is 6.69. The van der Waals surface area contributed by atoms with E-state index in [1.54, 1.807) is 6.92 Å². The molecule has 1 fully saturated rings. The molecular formula is C14H26N2O3. The highest BCUT2D eigenvalue weighted by Crippen LogP contribution is 2.15. The highest BCUT2D eigenvalue weighted by Gasteiger charge is 2.29. The monoisotopic (exact) mass is 270 g/mol. The Balaban J connectivity index is 2.21. The van der Waals surface area contributed by atoms with Crippen LogP contribution in [0.25, 0.3) is 0 Å². The Bertz CT molecular complexity index is 320. The van der Waals surface area contributed by atoms with E-state index in [1.165, 1.54) is 0 Å². The summed E-state index contributed by atoms with van der Waals surface area (Å²) in [5.74, 6) is -0.594. The summed E-state index contributed by atoms with van der Waals surface area (Å²) < 4.78 is 0. The predicted molar refractivity (Wildman–Crippen MR) is 73.8 cm³/mol. The molecule has 0 aliphatic carbocycles. The van der Waals surface area contributed by atoms with E-state index in [1.807, 2.05) is 6.92 Å². The van der Waals surface area contributed by atoms with Gasteiger partial charge in [0.1, 0.15) is 0 Å². The molecule has 0 radical (unpaired) electrons. The van der Waals surface area contributed by atoms with Gasteiger partial charge in [-0.1, -0.05) is 20.3 Å². The fourth-order valence-corrected chi connectivity index (χ4v) is 2.44. The fraction of sp³-hybridized carbons (Fsp3) is 0.857. The maximum Gasteiger partial charge on any atom is 0.306 e. The lowest BCUT2D eigenvalue weighted by atomic mass is 10.0. The third-order valence-corrected chi connectivity index (χ3v) is 3.90. The summed E-state index contributed by atoms with van der Waals surface area (Å²) in [5.41, 5.74) is 0. The van der Waals surface area contributed by atoms with Crippen LogP contribution < -0.4 is 10.6 Å². The molecule has 4 unspecified atom stereocenters. The molecule has 5 heteroatoms. The topological polar surface area (TPSA) is 78.4 Å². The van der Waals surface area contributed by atoms with Gasteiger partial charge in [0.15, 0.2) is 0 Å². The van der Waals surface area contributed by atoms with Gasteiger partial charge in [0.25, 0.3) is 0 Å². The van der Waals surface area contributed by atoms with Crippen molar-refractivity contribution in [1.82, 2.24) is 10.6 Å². The molecule has 5 nitrogen and oxygen atoms in total. The Kier molecular flexibility index (Phi) is 6.28. The average molecular weight is 270 g/mol. The second-order valence-corrected chi connectivity index (χ2v) is 5.78. The SMILES string of the molecule is CC(CCCC(C)C(=O)O)NC(=O)C1NCCC1C. The fourth-order valence-electron chi connectivity index (χ4n) is 2.44. The zero-order chi connectivity index (χ0) is 14.4. The van der Waals surface area contributed by atoms with Crippen LogP contribution in [0.1, 0.15) is 46.5 Å². The first kappa shape index (κ1) is 16.0. The van der Waals surface area contributed by atoms with Gasteiger partial charge in [-0.3, -0.25) is 9.59 Å². The normalized spacial score (nSPS) is 25.8. The van der Waals surface area contributed by atoms with Gasteiger partial charge < -0.3 is 15.7 Å². The van der Waals surface area contributed by atoms with Crippen molar-refractivity contribution < 1.29 is 14.7 Å². The molecule has 1 aliphatic rings. The van der Waals surface area contributed by atoms with Gasteiger partial charge in [0.2, 0.25) is 5.91 Å². The van der Waals surface area contributed by atoms with Crippen LogP contribution in [0.15, 0.2) is 0 Å². The van der Waals surface area contributed by atoms with Gasteiger partial charge in [-0.15, -0.1) is 0 Å². The summed E-state index contributed by atoms with van der Waals surface area (Å²) in [5, 5.41) is 15.0. The minimum atomic E-state index is -0.749. The highest BCUT2D eigenvalue weighted by molar-refractivity contribution is 5.82. The van der Waals surface area contributed by atoms with Crippen molar-refractivity contribution in [2.75, 3.05) is 6.54 Å². The van der Waals surface area contributed by atoms with Crippen LogP contribution in [0.3, 0.4) is 0 Å². The molecule has 1 amide bonds. The maximum absolute atomic E-state index is 12.0. The lowest BCUT2D eigenvalue weighted by Crippen LogP contribution is -2.46. The molecule has 0 saturated carbocycles. The molecule has 0 aromatic carbocycles. The summed E-state index contributed by atoms with van der Waals surface area (Å²) in [7, 11) is 0. The molecule has 1 rings (SSSR count). The van der Waals surface area contributed by atoms with Crippen molar-refractivity contribution in [1.29, 1.82) is 0 Å². The summed E-state index contributed by atoms with van der Waals surface area (Å²) in [4.78, 5) is 22.7. The van der Waals surface area contributed by atoms with Crippen LogP contribution in [0.5, 0.6) is 0 Å². The number of carboxylic acid groups (broad SMARTS) is 1. The summed E-state index contributed by atoms with van der Waals surface area (Å²) >= 11 is 0. The van der Waals surface area contributed by atoms with Crippen LogP contribution in [-0.4, -0.2) is 35.6 Å². The van der Waals surface area contributed by atoms with Gasteiger partial charge in [0.05, 0.1) is 12.0 Å². The zero-order valence-corrected chi connectivity index (χ0v) is 12.1. The van der Waals surface area contributed by atoms with E-state index in [9.17, 15) is 9.59 Å². The van der Waals surface area contributed by atoms with Crippen LogP contribution in [0.4, 0.5) is 0 Å². The van der Waals surface area contributed by atoms with Crippen molar-refractivity contribution in [3.63, 3.8) is 0 Å². The summed E-state index contributed by atoms with van der Waals surface area (Å²) in [6, 6.07) is 0.0310. The molecule has 4 atom stereocenters. The van der Waals surface area contributed by atoms with Crippen molar-refractivity contribution in [3.8, 4) is 0 Å². The van der Waals surface area contributed by atoms with Crippen LogP contribution in [0.2, 0.25) is 0 Å². The molecule has 19 heavy (non-hydrogen) atoms. The lowest BCUT2D eigenvalue weighted by molar-refractivity contribution is -0.141. The second kappa shape index (κ2) is 7.48. The molecule has 0 aromatic heterocycles. The first-order chi connectivity index (χ1) is 8.91. The molecule has 110 valence electrons. The number of hydrogen-bond donors (Lipinski definition) is 3. The van der Waals surface area contributed by atoms with Crippen molar-refractivity contribution >= 4 is 11.9 Å². The second-order valence-electron chi connectivity index (χ2n) is 5.78. The van der Waals surface area contributed by atoms with Crippen molar-refractivity contribution in [2.24, 2.45) is 11.8 Å². The Labute approximate surface area is 115 Å². The van der Waals surface area contributed by atoms with Crippen molar-refractivity contribution in [2.45, 2.75) is 58.5 Å². The first-order valence-electron chi connectivity index (χ1n) is 7.18. The largest absolute Gasteiger partial charge is 0.481 e. The quantitative estimate of drug-likeness (QED) is 0.653. The Hall–Kier alpha value is -1.10. The van der Waals surface area contributed by atoms with Gasteiger partial charge in [-0.2, -0.15) is 0 Å². The number of amides is 1. The Morgan fingerprint density at radius 2 is 2.05 bits per heavy atom. The van der Waals surface area contributed by atoms with Gasteiger partial charge in [-0.05, 0) is 38.6 Å². The molecule has 1 aliphatic heterocycles. The maximum atomic E-state index is 12.0. The van der Waals surface area contributed by atoms with Gasteiger partial charge >= 0.3 is 5.97 Å². The minimum Gasteiger partial charge on any atom is -0.481 e. The standard InChI is InChI=1S/C14H26N2O3/c1-9-7-8-15-12(9)13(17)16-11(3)6-4-5-10(2)14(18)19/h9-12,15H,4-8H2,1-3H3,(H,16,17)(H,18,19). The number of nitrogens with one attached hydrogen (secondary N) is 2. The third-order valence-electron chi connectivity index (χ3n) is 3.90. The first-order valence-corrected chi connectivity index (χ1v) is 7.18. The average Bonchev–Trinajstić information content (AvgIpc) is 2.75. The number of rotatable bonds is 7. The van der Waals surface area contributed by atoms with Crippen LogP contribution in [-0.2, 0) is 9.59 Å². The predicted octanol–water partition coefficient (Wildman–Crippen LogP) is 1.38. The zero-order valence-electron chi connectivity index (χ0n) is 12.1. The van der Waals surface area contributed by atoms with E-state index in [0.717, 1.165) is 25.8 Å². The van der Waals surface area contributed by atoms with E-state index in [4.69, 9.17) is 5.11 Å². The number of carbonyl (C=O) groups is 2. The molecule has 0 bridgehead atoms. The number of hydrogen-bond acceptors (Lipinski definition) is 3. The molecule has 1 saturated heterocycles. The smallest absolute Gasteiger partial charge is 0.306 e. The number of aliphatic carboxylic acids is 1. The van der Waals surface area contributed by atoms with Gasteiger partial charge in [-0.25, -0.2) is 0 Å². The molecular weight excluding hydrogens is 244 g/mol. The minimum absolute atomic E-state index is 0.0691. The lowest BCUT2D eigenvalue weighted by Gasteiger charge is -2.20. The van der Waals surface area contributed by atoms with Crippen molar-refractivity contribution in [3.05, 3.63) is 0 Å². The van der Waals surface area contributed by atoms with E-state index in [0.29, 0.717) is 12.3 Å². The van der Waals surface area contributed by atoms with Crippen LogP contribution >= 0.6 is 0 Å². The highest BCUT2D eigenvalue weighted by atomic mass is 16.4. The van der Waals surface area contributed by atoms with E-state index in [2.05, 4.69) is 17.6 Å². The molecule has 0 spiro atoms. The molecule has 3 N–H and O–H groups in total. The Morgan fingerprint density at radius 1 is 1.37 bits per heavy atom. The van der Waals surface area contributed by atoms with Gasteiger partial charge in [0, 0.05) is 6.04 Å².